The standard InChI is InChI=1S/C18H14N2O4/c21-17(20-13-6-7-14-16(9-13)24-11-23-14)10-22-15-5-1-3-12-4-2-8-19-18(12)15/h1-9H,10-11H2,(H,20,21). The molecule has 6 heteroatoms. The van der Waals surface area contributed by atoms with Gasteiger partial charge in [0.1, 0.15) is 11.3 Å². The molecule has 0 unspecified atom stereocenters. The number of carbonyl (C=O) groups is 1. The number of nitrogens with zero attached hydrogens (tertiary/aromatic N) is 1. The highest BCUT2D eigenvalue weighted by atomic mass is 16.7. The van der Waals surface area contributed by atoms with Crippen molar-refractivity contribution in [3.05, 3.63) is 54.7 Å². The lowest BCUT2D eigenvalue weighted by Gasteiger charge is -2.09. The summed E-state index contributed by atoms with van der Waals surface area (Å²) in [5, 5.41) is 3.73. The first kappa shape index (κ1) is 14.3. The van der Waals surface area contributed by atoms with Crippen LogP contribution in [-0.2, 0) is 4.79 Å². The van der Waals surface area contributed by atoms with Gasteiger partial charge in [-0.2, -0.15) is 0 Å². The lowest BCUT2D eigenvalue weighted by molar-refractivity contribution is -0.118. The van der Waals surface area contributed by atoms with Crippen LogP contribution in [0.25, 0.3) is 10.9 Å². The van der Waals surface area contributed by atoms with Crippen molar-refractivity contribution in [2.75, 3.05) is 18.7 Å². The number of amides is 1. The number of fused-ring (bicyclic) bond motifs is 2. The zero-order valence-corrected chi connectivity index (χ0v) is 12.7. The fourth-order valence-corrected chi connectivity index (χ4v) is 2.51. The van der Waals surface area contributed by atoms with E-state index in [0.717, 1.165) is 10.9 Å². The second-order valence-electron chi connectivity index (χ2n) is 5.24. The van der Waals surface area contributed by atoms with E-state index in [9.17, 15) is 4.79 Å². The van der Waals surface area contributed by atoms with Crippen LogP contribution >= 0.6 is 0 Å². The Morgan fingerprint density at radius 3 is 2.96 bits per heavy atom. The summed E-state index contributed by atoms with van der Waals surface area (Å²) in [6.45, 7) is 0.0913. The average Bonchev–Trinajstić information content (AvgIpc) is 3.07. The maximum atomic E-state index is 12.1. The highest BCUT2D eigenvalue weighted by Gasteiger charge is 2.14. The SMILES string of the molecule is O=C(COc1cccc2cccnc12)Nc1ccc2c(c1)OCO2. The molecule has 0 saturated heterocycles. The molecule has 1 aliphatic heterocycles. The summed E-state index contributed by atoms with van der Waals surface area (Å²) in [6.07, 6.45) is 1.70. The summed E-state index contributed by atoms with van der Waals surface area (Å²) < 4.78 is 16.1. The molecule has 0 atom stereocenters. The molecule has 0 radical (unpaired) electrons. The van der Waals surface area contributed by atoms with Gasteiger partial charge < -0.3 is 19.5 Å². The van der Waals surface area contributed by atoms with Crippen LogP contribution in [-0.4, -0.2) is 24.3 Å². The normalized spacial score (nSPS) is 12.2. The van der Waals surface area contributed by atoms with E-state index in [4.69, 9.17) is 14.2 Å². The van der Waals surface area contributed by atoms with Crippen molar-refractivity contribution in [1.29, 1.82) is 0 Å². The summed E-state index contributed by atoms with van der Waals surface area (Å²) in [5.41, 5.74) is 1.36. The van der Waals surface area contributed by atoms with E-state index in [1.165, 1.54) is 0 Å². The van der Waals surface area contributed by atoms with E-state index in [1.54, 1.807) is 30.5 Å². The van der Waals surface area contributed by atoms with E-state index in [0.29, 0.717) is 22.9 Å². The molecule has 1 aliphatic rings. The Bertz CT molecular complexity index is 905. The van der Waals surface area contributed by atoms with Crippen molar-refractivity contribution in [2.24, 2.45) is 0 Å². The summed E-state index contributed by atoms with van der Waals surface area (Å²) >= 11 is 0. The van der Waals surface area contributed by atoms with Crippen LogP contribution in [0.15, 0.2) is 54.7 Å². The molecule has 0 fully saturated rings. The van der Waals surface area contributed by atoms with Crippen molar-refractivity contribution in [3.8, 4) is 17.2 Å². The minimum Gasteiger partial charge on any atom is -0.481 e. The summed E-state index contributed by atoms with van der Waals surface area (Å²) in [6, 6.07) is 14.7. The molecule has 0 aliphatic carbocycles. The summed E-state index contributed by atoms with van der Waals surface area (Å²) in [5.74, 6) is 1.61. The third kappa shape index (κ3) is 2.81. The molecule has 4 rings (SSSR count). The first-order chi connectivity index (χ1) is 11.8. The number of anilines is 1. The molecule has 3 aromatic rings. The number of para-hydroxylation sites is 1. The molecular weight excluding hydrogens is 308 g/mol. The topological polar surface area (TPSA) is 69.7 Å². The second-order valence-corrected chi connectivity index (χ2v) is 5.24. The van der Waals surface area contributed by atoms with Crippen LogP contribution in [0, 0.1) is 0 Å². The molecule has 1 N–H and O–H groups in total. The third-order valence-corrected chi connectivity index (χ3v) is 3.61. The number of hydrogen-bond acceptors (Lipinski definition) is 5. The molecule has 0 bridgehead atoms. The number of hydrogen-bond donors (Lipinski definition) is 1. The molecule has 0 spiro atoms. The quantitative estimate of drug-likeness (QED) is 0.799. The van der Waals surface area contributed by atoms with Gasteiger partial charge in [-0.05, 0) is 24.3 Å². The van der Waals surface area contributed by atoms with E-state index in [1.807, 2.05) is 24.3 Å². The molecule has 2 heterocycles. The highest BCUT2D eigenvalue weighted by Crippen LogP contribution is 2.34. The highest BCUT2D eigenvalue weighted by molar-refractivity contribution is 5.92. The molecule has 24 heavy (non-hydrogen) atoms. The molecule has 1 amide bonds. The van der Waals surface area contributed by atoms with Gasteiger partial charge in [0.15, 0.2) is 18.1 Å². The van der Waals surface area contributed by atoms with Crippen LogP contribution < -0.4 is 19.5 Å². The second kappa shape index (κ2) is 6.08. The molecule has 6 nitrogen and oxygen atoms in total. The number of pyridine rings is 1. The molecule has 120 valence electrons. The Morgan fingerprint density at radius 1 is 1.12 bits per heavy atom. The zero-order valence-electron chi connectivity index (χ0n) is 12.7. The lowest BCUT2D eigenvalue weighted by atomic mass is 10.2. The summed E-state index contributed by atoms with van der Waals surface area (Å²) in [7, 11) is 0. The number of ether oxygens (including phenoxy) is 3. The van der Waals surface area contributed by atoms with Gasteiger partial charge in [-0.3, -0.25) is 9.78 Å². The van der Waals surface area contributed by atoms with Gasteiger partial charge in [-0.1, -0.05) is 18.2 Å². The van der Waals surface area contributed by atoms with Crippen LogP contribution in [0.5, 0.6) is 17.2 Å². The number of benzene rings is 2. The maximum Gasteiger partial charge on any atom is 0.262 e. The van der Waals surface area contributed by atoms with Crippen LogP contribution in [0.2, 0.25) is 0 Å². The number of aromatic nitrogens is 1. The Hall–Kier alpha value is -3.28. The average molecular weight is 322 g/mol. The Labute approximate surface area is 138 Å². The first-order valence-corrected chi connectivity index (χ1v) is 7.46. The molecule has 0 saturated carbocycles. The molecular formula is C18H14N2O4. The lowest BCUT2D eigenvalue weighted by Crippen LogP contribution is -2.20. The third-order valence-electron chi connectivity index (χ3n) is 3.61. The van der Waals surface area contributed by atoms with Gasteiger partial charge in [0.05, 0.1) is 0 Å². The van der Waals surface area contributed by atoms with Crippen molar-refractivity contribution in [2.45, 2.75) is 0 Å². The Morgan fingerprint density at radius 2 is 2.00 bits per heavy atom. The number of nitrogens with one attached hydrogen (secondary N) is 1. The summed E-state index contributed by atoms with van der Waals surface area (Å²) in [4.78, 5) is 16.4. The Kier molecular flexibility index (Phi) is 3.63. The van der Waals surface area contributed by atoms with E-state index in [-0.39, 0.29) is 19.3 Å². The van der Waals surface area contributed by atoms with Crippen molar-refractivity contribution >= 4 is 22.5 Å². The van der Waals surface area contributed by atoms with Crippen LogP contribution in [0.3, 0.4) is 0 Å². The van der Waals surface area contributed by atoms with Gasteiger partial charge in [-0.15, -0.1) is 0 Å². The van der Waals surface area contributed by atoms with Crippen molar-refractivity contribution in [3.63, 3.8) is 0 Å². The van der Waals surface area contributed by atoms with Gasteiger partial charge in [0.25, 0.3) is 5.91 Å². The van der Waals surface area contributed by atoms with E-state index in [2.05, 4.69) is 10.3 Å². The fourth-order valence-electron chi connectivity index (χ4n) is 2.51. The monoisotopic (exact) mass is 322 g/mol. The van der Waals surface area contributed by atoms with Crippen LogP contribution in [0.1, 0.15) is 0 Å². The fraction of sp³-hybridized carbons (Fsp3) is 0.111. The van der Waals surface area contributed by atoms with Gasteiger partial charge in [0.2, 0.25) is 6.79 Å². The van der Waals surface area contributed by atoms with E-state index < -0.39 is 0 Å². The smallest absolute Gasteiger partial charge is 0.262 e. The Balaban J connectivity index is 1.43. The van der Waals surface area contributed by atoms with Crippen molar-refractivity contribution in [1.82, 2.24) is 4.98 Å². The number of carbonyl (C=O) groups excluding carboxylic acids is 1. The minimum atomic E-state index is -0.262. The maximum absolute atomic E-state index is 12.1. The van der Waals surface area contributed by atoms with Gasteiger partial charge in [0, 0.05) is 23.3 Å². The largest absolute Gasteiger partial charge is 0.481 e. The predicted molar refractivity (Wildman–Crippen MR) is 88.4 cm³/mol. The van der Waals surface area contributed by atoms with Crippen molar-refractivity contribution < 1.29 is 19.0 Å². The van der Waals surface area contributed by atoms with Gasteiger partial charge in [-0.25, -0.2) is 0 Å². The predicted octanol–water partition coefficient (Wildman–Crippen LogP) is 2.98. The van der Waals surface area contributed by atoms with Gasteiger partial charge >= 0.3 is 0 Å². The molecule has 2 aromatic carbocycles. The number of rotatable bonds is 4. The zero-order chi connectivity index (χ0) is 16.4. The first-order valence-electron chi connectivity index (χ1n) is 7.46. The molecule has 1 aromatic heterocycles. The van der Waals surface area contributed by atoms with Crippen LogP contribution in [0.4, 0.5) is 5.69 Å². The van der Waals surface area contributed by atoms with E-state index >= 15 is 0 Å². The minimum absolute atomic E-state index is 0.107.